The Morgan fingerprint density at radius 1 is 0.894 bits per heavy atom. The molecule has 0 spiro atoms. The van der Waals surface area contributed by atoms with Crippen LogP contribution in [0.1, 0.15) is 40.2 Å². The molecule has 6 rings (SSSR count). The fourth-order valence-electron chi connectivity index (χ4n) is 5.55. The number of carbonyl (C=O) groups excluding carboxylic acids is 2. The monoisotopic (exact) mass is 749 g/mol. The molecule has 13 heteroatoms. The first-order valence-corrected chi connectivity index (χ1v) is 17.4. The van der Waals surface area contributed by atoms with Gasteiger partial charge in [0.25, 0.3) is 11.8 Å². The van der Waals surface area contributed by atoms with Crippen molar-refractivity contribution in [3.05, 3.63) is 114 Å². The molecule has 2 aliphatic heterocycles. The molecule has 5 N–H and O–H groups in total. The van der Waals surface area contributed by atoms with Crippen LogP contribution in [0.5, 0.6) is 0 Å². The number of aliphatic hydroxyl groups is 2. The molecular formula is C34H36IN7O5. The van der Waals surface area contributed by atoms with Crippen LogP contribution in [0.25, 0.3) is 0 Å². The van der Waals surface area contributed by atoms with Crippen molar-refractivity contribution in [3.63, 3.8) is 0 Å². The molecule has 0 bridgehead atoms. The van der Waals surface area contributed by atoms with E-state index in [-0.39, 0.29) is 11.7 Å². The van der Waals surface area contributed by atoms with Crippen LogP contribution in [0.4, 0.5) is 17.3 Å². The predicted octanol–water partition coefficient (Wildman–Crippen LogP) is 3.80. The molecule has 47 heavy (non-hydrogen) atoms. The number of hydrogen-bond donors (Lipinski definition) is 5. The maximum atomic E-state index is 13.4. The highest BCUT2D eigenvalue weighted by Crippen LogP contribution is 2.48. The van der Waals surface area contributed by atoms with Gasteiger partial charge < -0.3 is 30.9 Å². The number of benzene rings is 3. The SMILES string of the molecule is CCNC(=O)[C@H]1OC(N2I=Nc3c(NCC(c4ccccc4)c4ccccc4)nc(C(=O)NCCc4ccccc4)nc32)[C@H](O)[C@@H]1O. The van der Waals surface area contributed by atoms with Crippen LogP contribution in [0, 0.1) is 0 Å². The van der Waals surface area contributed by atoms with Gasteiger partial charge in [-0.3, -0.25) is 12.7 Å². The summed E-state index contributed by atoms with van der Waals surface area (Å²) in [4.78, 5) is 35.2. The maximum absolute atomic E-state index is 13.4. The third-order valence-corrected chi connectivity index (χ3v) is 10.1. The van der Waals surface area contributed by atoms with Crippen LogP contribution in [0.15, 0.2) is 94.1 Å². The van der Waals surface area contributed by atoms with Crippen LogP contribution in [0.3, 0.4) is 0 Å². The highest BCUT2D eigenvalue weighted by Gasteiger charge is 2.50. The zero-order chi connectivity index (χ0) is 32.8. The Kier molecular flexibility index (Phi) is 10.5. The van der Waals surface area contributed by atoms with Gasteiger partial charge in [-0.1, -0.05) is 91.0 Å². The first-order chi connectivity index (χ1) is 22.9. The van der Waals surface area contributed by atoms with Crippen LogP contribution < -0.4 is 19.1 Å². The average molecular weight is 750 g/mol. The zero-order valence-electron chi connectivity index (χ0n) is 25.7. The summed E-state index contributed by atoms with van der Waals surface area (Å²) in [6.45, 7) is 2.92. The smallest absolute Gasteiger partial charge is 0.289 e. The summed E-state index contributed by atoms with van der Waals surface area (Å²) in [5.74, 6) is -0.427. The number of carbonyl (C=O) groups is 2. The first kappa shape index (κ1) is 32.6. The number of anilines is 2. The van der Waals surface area contributed by atoms with Crippen LogP contribution in [-0.2, 0) is 16.0 Å². The number of amides is 2. The fraction of sp³-hybridized carbons (Fsp3) is 0.294. The largest absolute Gasteiger partial charge is 0.387 e. The Morgan fingerprint density at radius 3 is 2.17 bits per heavy atom. The molecule has 4 atom stereocenters. The van der Waals surface area contributed by atoms with Crippen molar-refractivity contribution in [2.45, 2.75) is 43.8 Å². The molecule has 0 aliphatic carbocycles. The van der Waals surface area contributed by atoms with Gasteiger partial charge in [0, 0.05) is 25.6 Å². The lowest BCUT2D eigenvalue weighted by molar-refractivity contribution is -0.135. The lowest BCUT2D eigenvalue weighted by atomic mass is 9.91. The Balaban J connectivity index is 1.30. The number of rotatable bonds is 12. The average Bonchev–Trinajstić information content (AvgIpc) is 3.66. The predicted molar refractivity (Wildman–Crippen MR) is 186 cm³/mol. The molecule has 1 aromatic heterocycles. The number of likely N-dealkylation sites (N-methyl/N-ethyl adjacent to an activating group) is 1. The van der Waals surface area contributed by atoms with Gasteiger partial charge in [-0.15, -0.1) is 0 Å². The zero-order valence-corrected chi connectivity index (χ0v) is 27.8. The topological polar surface area (TPSA) is 161 Å². The van der Waals surface area contributed by atoms with Gasteiger partial charge in [-0.25, -0.2) is 9.97 Å². The van der Waals surface area contributed by atoms with Crippen molar-refractivity contribution in [2.75, 3.05) is 28.1 Å². The minimum absolute atomic E-state index is 0.0358. The van der Waals surface area contributed by atoms with E-state index >= 15 is 0 Å². The number of halogens is 1. The molecule has 1 unspecified atom stereocenters. The van der Waals surface area contributed by atoms with Crippen molar-refractivity contribution < 1.29 is 24.5 Å². The molecule has 2 aliphatic rings. The quantitative estimate of drug-likeness (QED) is 0.107. The van der Waals surface area contributed by atoms with E-state index < -0.39 is 57.7 Å². The summed E-state index contributed by atoms with van der Waals surface area (Å²) in [6.07, 6.45) is -4.57. The second-order valence-corrected chi connectivity index (χ2v) is 13.1. The van der Waals surface area contributed by atoms with Crippen molar-refractivity contribution in [3.8, 4) is 0 Å². The van der Waals surface area contributed by atoms with Gasteiger partial charge in [-0.2, -0.15) is 3.15 Å². The first-order valence-electron chi connectivity index (χ1n) is 15.5. The Hall–Kier alpha value is -4.31. The molecule has 1 fully saturated rings. The third-order valence-electron chi connectivity index (χ3n) is 7.97. The van der Waals surface area contributed by atoms with Crippen LogP contribution in [-0.4, -0.2) is 76.2 Å². The Labute approximate surface area is 283 Å². The number of fused-ring (bicyclic) bond motifs is 1. The number of ether oxygens (including phenoxy) is 1. The summed E-state index contributed by atoms with van der Waals surface area (Å²) < 4.78 is 12.3. The number of aromatic nitrogens is 2. The standard InChI is InChI=1S/C34H36IN7O5/c1-2-36-32(45)28-26(43)27(44)34(47-28)42-31-25(41-35-42)29(39-30(40-31)33(46)37-19-18-21-12-6-3-7-13-21)38-20-24(22-14-8-4-9-15-22)23-16-10-5-11-17-23/h3-17,24,26-28,34,43-44H,2,18-20H2,1H3,(H,36,45)(H,37,46)(H,38,39,40)/t26-,27+,28-,34?/m0/s1. The summed E-state index contributed by atoms with van der Waals surface area (Å²) in [5.41, 5.74) is 3.73. The maximum Gasteiger partial charge on any atom is 0.289 e. The van der Waals surface area contributed by atoms with Gasteiger partial charge in [-0.05, 0) is 30.0 Å². The number of aliphatic hydroxyl groups excluding tert-OH is 2. The van der Waals surface area contributed by atoms with Gasteiger partial charge in [0.15, 0.2) is 29.7 Å². The van der Waals surface area contributed by atoms with Crippen LogP contribution >= 0.6 is 21.3 Å². The molecule has 3 heterocycles. The molecule has 244 valence electrons. The summed E-state index contributed by atoms with van der Waals surface area (Å²) in [6, 6.07) is 30.1. The second kappa shape index (κ2) is 15.1. The molecule has 0 saturated carbocycles. The summed E-state index contributed by atoms with van der Waals surface area (Å²) >= 11 is -1.21. The Morgan fingerprint density at radius 2 is 1.53 bits per heavy atom. The number of nitrogens with one attached hydrogen (secondary N) is 3. The number of hydrogen-bond acceptors (Lipinski definition) is 10. The molecule has 1 saturated heterocycles. The van der Waals surface area contributed by atoms with E-state index in [1.165, 1.54) is 0 Å². The third kappa shape index (κ3) is 7.32. The minimum Gasteiger partial charge on any atom is -0.387 e. The van der Waals surface area contributed by atoms with Gasteiger partial charge in [0.1, 0.15) is 33.5 Å². The van der Waals surface area contributed by atoms with Crippen molar-refractivity contribution in [1.82, 2.24) is 20.6 Å². The van der Waals surface area contributed by atoms with Crippen molar-refractivity contribution in [2.24, 2.45) is 3.15 Å². The molecule has 4 aromatic rings. The second-order valence-electron chi connectivity index (χ2n) is 11.1. The number of nitrogens with zero attached hydrogens (tertiary/aromatic N) is 4. The van der Waals surface area contributed by atoms with E-state index in [4.69, 9.17) is 7.88 Å². The van der Waals surface area contributed by atoms with Gasteiger partial charge >= 0.3 is 0 Å². The minimum atomic E-state index is -1.45. The normalized spacial score (nSPS) is 20.0. The van der Waals surface area contributed by atoms with Crippen molar-refractivity contribution in [1.29, 1.82) is 0 Å². The summed E-state index contributed by atoms with van der Waals surface area (Å²) in [5, 5.41) is 30.7. The van der Waals surface area contributed by atoms with E-state index in [1.54, 1.807) is 10.0 Å². The molecule has 0 radical (unpaired) electrons. The summed E-state index contributed by atoms with van der Waals surface area (Å²) in [7, 11) is 0. The van der Waals surface area contributed by atoms with E-state index in [0.717, 1.165) is 16.7 Å². The van der Waals surface area contributed by atoms with Gasteiger partial charge in [0.05, 0.1) is 0 Å². The molecule has 12 nitrogen and oxygen atoms in total. The van der Waals surface area contributed by atoms with Crippen molar-refractivity contribution >= 4 is 50.4 Å². The highest BCUT2D eigenvalue weighted by molar-refractivity contribution is 14.2. The molecule has 2 amide bonds. The highest BCUT2D eigenvalue weighted by atomic mass is 127. The molecular weight excluding hydrogens is 713 g/mol. The lowest BCUT2D eigenvalue weighted by Crippen LogP contribution is -2.43. The van der Waals surface area contributed by atoms with E-state index in [2.05, 4.69) is 50.2 Å². The van der Waals surface area contributed by atoms with E-state index in [0.29, 0.717) is 43.4 Å². The van der Waals surface area contributed by atoms with Gasteiger partial charge in [0.2, 0.25) is 5.82 Å². The van der Waals surface area contributed by atoms with Crippen LogP contribution in [0.2, 0.25) is 0 Å². The lowest BCUT2D eigenvalue weighted by Gasteiger charge is -2.24. The molecule has 3 aromatic carbocycles. The fourth-order valence-corrected chi connectivity index (χ4v) is 7.69. The van der Waals surface area contributed by atoms with E-state index in [1.807, 2.05) is 66.7 Å². The Bertz CT molecular complexity index is 1670. The van der Waals surface area contributed by atoms with E-state index in [9.17, 15) is 19.8 Å².